The average Bonchev–Trinajstić information content (AvgIpc) is 2.88. The van der Waals surface area contributed by atoms with Crippen LogP contribution in [0.2, 0.25) is 0 Å². The second-order valence-corrected chi connectivity index (χ2v) is 6.09. The molecule has 3 nitrogen and oxygen atoms in total. The van der Waals surface area contributed by atoms with Gasteiger partial charge in [-0.15, -0.1) is 0 Å². The molecule has 0 atom stereocenters. The molecule has 0 radical (unpaired) electrons. The Bertz CT molecular complexity index is 609. The van der Waals surface area contributed by atoms with Gasteiger partial charge in [-0.05, 0) is 31.4 Å². The molecule has 3 N–H and O–H groups in total. The van der Waals surface area contributed by atoms with E-state index in [1.54, 1.807) is 7.11 Å². The number of aryl methyl sites for hydroxylation is 1. The van der Waals surface area contributed by atoms with Crippen molar-refractivity contribution in [2.45, 2.75) is 44.4 Å². The number of aromatic amines is 1. The van der Waals surface area contributed by atoms with Crippen LogP contribution in [-0.2, 0) is 5.41 Å². The van der Waals surface area contributed by atoms with Crippen LogP contribution in [0.15, 0.2) is 18.3 Å². The predicted octanol–water partition coefficient (Wildman–Crippen LogP) is 3.65. The van der Waals surface area contributed by atoms with Crippen LogP contribution in [0.25, 0.3) is 10.9 Å². The summed E-state index contributed by atoms with van der Waals surface area (Å²) in [4.78, 5) is 3.31. The molecule has 0 saturated heterocycles. The summed E-state index contributed by atoms with van der Waals surface area (Å²) in [5.41, 5.74) is 9.97. The van der Waals surface area contributed by atoms with Crippen molar-refractivity contribution in [2.75, 3.05) is 13.7 Å². The summed E-state index contributed by atoms with van der Waals surface area (Å²) in [6, 6.07) is 4.39. The van der Waals surface area contributed by atoms with Gasteiger partial charge in [-0.2, -0.15) is 0 Å². The lowest BCUT2D eigenvalue weighted by molar-refractivity contribution is 0.289. The van der Waals surface area contributed by atoms with Crippen LogP contribution in [-0.4, -0.2) is 18.6 Å². The third-order valence-electron chi connectivity index (χ3n) is 4.97. The summed E-state index contributed by atoms with van der Waals surface area (Å²) in [5.74, 6) is 1.02. The van der Waals surface area contributed by atoms with Gasteiger partial charge in [0.1, 0.15) is 5.75 Å². The van der Waals surface area contributed by atoms with Crippen molar-refractivity contribution in [3.05, 3.63) is 29.5 Å². The van der Waals surface area contributed by atoms with Gasteiger partial charge in [0.15, 0.2) is 0 Å². The zero-order valence-corrected chi connectivity index (χ0v) is 12.5. The molecule has 1 saturated carbocycles. The molecule has 1 aliphatic rings. The molecular weight excluding hydrogens is 248 g/mol. The Morgan fingerprint density at radius 3 is 2.65 bits per heavy atom. The average molecular weight is 272 g/mol. The minimum absolute atomic E-state index is 0.0987. The molecule has 1 aromatic heterocycles. The molecule has 1 heterocycles. The lowest BCUT2D eigenvalue weighted by Gasteiger charge is -2.37. The molecule has 108 valence electrons. The van der Waals surface area contributed by atoms with Crippen molar-refractivity contribution in [1.82, 2.24) is 4.98 Å². The lowest BCUT2D eigenvalue weighted by Crippen LogP contribution is -2.37. The van der Waals surface area contributed by atoms with Crippen LogP contribution in [0, 0.1) is 6.92 Å². The largest absolute Gasteiger partial charge is 0.496 e. The molecular formula is C17H24N2O. The lowest BCUT2D eigenvalue weighted by atomic mass is 9.69. The first-order chi connectivity index (χ1) is 9.72. The minimum Gasteiger partial charge on any atom is -0.496 e. The second-order valence-electron chi connectivity index (χ2n) is 6.09. The molecule has 0 aliphatic heterocycles. The molecule has 0 unspecified atom stereocenters. The smallest absolute Gasteiger partial charge is 0.132 e. The third kappa shape index (κ3) is 1.92. The van der Waals surface area contributed by atoms with Crippen molar-refractivity contribution in [2.24, 2.45) is 5.73 Å². The first kappa shape index (κ1) is 13.5. The van der Waals surface area contributed by atoms with Gasteiger partial charge in [-0.25, -0.2) is 0 Å². The number of methoxy groups -OCH3 is 1. The molecule has 0 spiro atoms. The van der Waals surface area contributed by atoms with Gasteiger partial charge in [0.25, 0.3) is 0 Å². The highest BCUT2D eigenvalue weighted by atomic mass is 16.5. The third-order valence-corrected chi connectivity index (χ3v) is 4.97. The normalized spacial score (nSPS) is 18.4. The van der Waals surface area contributed by atoms with E-state index in [4.69, 9.17) is 10.5 Å². The topological polar surface area (TPSA) is 51.0 Å². The minimum atomic E-state index is 0.0987. The molecule has 1 aliphatic carbocycles. The number of ether oxygens (including phenoxy) is 1. The maximum absolute atomic E-state index is 6.19. The SMILES string of the molecule is COc1c(C2(CN)CCCCC2)ccc2[nH]cc(C)c12. The van der Waals surface area contributed by atoms with E-state index in [1.165, 1.54) is 48.6 Å². The number of benzene rings is 1. The molecule has 2 aromatic rings. The van der Waals surface area contributed by atoms with Crippen molar-refractivity contribution >= 4 is 10.9 Å². The van der Waals surface area contributed by atoms with E-state index in [9.17, 15) is 0 Å². The van der Waals surface area contributed by atoms with Gasteiger partial charge in [0.05, 0.1) is 7.11 Å². The van der Waals surface area contributed by atoms with Crippen LogP contribution in [0.3, 0.4) is 0 Å². The summed E-state index contributed by atoms with van der Waals surface area (Å²) in [6.07, 6.45) is 8.27. The second kappa shape index (κ2) is 5.13. The number of hydrogen-bond donors (Lipinski definition) is 2. The van der Waals surface area contributed by atoms with Gasteiger partial charge in [0.2, 0.25) is 0 Å². The van der Waals surface area contributed by atoms with Crippen LogP contribution < -0.4 is 10.5 Å². The molecule has 1 aromatic carbocycles. The van der Waals surface area contributed by atoms with Gasteiger partial charge in [0, 0.05) is 34.6 Å². The fourth-order valence-electron chi connectivity index (χ4n) is 3.79. The maximum atomic E-state index is 6.19. The van der Waals surface area contributed by atoms with Gasteiger partial charge >= 0.3 is 0 Å². The highest BCUT2D eigenvalue weighted by Crippen LogP contribution is 2.45. The Morgan fingerprint density at radius 1 is 1.25 bits per heavy atom. The van der Waals surface area contributed by atoms with E-state index in [0.717, 1.165) is 11.3 Å². The number of hydrogen-bond acceptors (Lipinski definition) is 2. The number of nitrogens with one attached hydrogen (secondary N) is 1. The highest BCUT2D eigenvalue weighted by Gasteiger charge is 2.35. The Kier molecular flexibility index (Phi) is 3.47. The van der Waals surface area contributed by atoms with Gasteiger partial charge < -0.3 is 15.5 Å². The molecule has 0 amide bonds. The van der Waals surface area contributed by atoms with E-state index in [2.05, 4.69) is 24.0 Å². The van der Waals surface area contributed by atoms with Crippen molar-refractivity contribution in [1.29, 1.82) is 0 Å². The van der Waals surface area contributed by atoms with Gasteiger partial charge in [-0.3, -0.25) is 0 Å². The quantitative estimate of drug-likeness (QED) is 0.896. The maximum Gasteiger partial charge on any atom is 0.132 e. The molecule has 0 bridgehead atoms. The van der Waals surface area contributed by atoms with Gasteiger partial charge in [-0.1, -0.05) is 25.3 Å². The summed E-state index contributed by atoms with van der Waals surface area (Å²) in [5, 5.41) is 1.21. The molecule has 3 heteroatoms. The molecule has 1 fully saturated rings. The van der Waals surface area contributed by atoms with Crippen LogP contribution in [0.4, 0.5) is 0 Å². The van der Waals surface area contributed by atoms with Crippen LogP contribution in [0.5, 0.6) is 5.75 Å². The van der Waals surface area contributed by atoms with E-state index >= 15 is 0 Å². The van der Waals surface area contributed by atoms with Crippen molar-refractivity contribution < 1.29 is 4.74 Å². The summed E-state index contributed by atoms with van der Waals surface area (Å²) < 4.78 is 5.80. The number of aromatic nitrogens is 1. The predicted molar refractivity (Wildman–Crippen MR) is 83.4 cm³/mol. The molecule has 3 rings (SSSR count). The summed E-state index contributed by atoms with van der Waals surface area (Å²) in [7, 11) is 1.78. The number of rotatable bonds is 3. The Labute approximate surface area is 120 Å². The highest BCUT2D eigenvalue weighted by molar-refractivity contribution is 5.90. The summed E-state index contributed by atoms with van der Waals surface area (Å²) >= 11 is 0. The fraction of sp³-hybridized carbons (Fsp3) is 0.529. The molecule has 20 heavy (non-hydrogen) atoms. The number of fused-ring (bicyclic) bond motifs is 1. The Morgan fingerprint density at radius 2 is 2.00 bits per heavy atom. The van der Waals surface area contributed by atoms with E-state index in [1.807, 2.05) is 6.20 Å². The summed E-state index contributed by atoms with van der Waals surface area (Å²) in [6.45, 7) is 2.83. The monoisotopic (exact) mass is 272 g/mol. The zero-order chi connectivity index (χ0) is 14.2. The van der Waals surface area contributed by atoms with E-state index < -0.39 is 0 Å². The van der Waals surface area contributed by atoms with Crippen LogP contribution >= 0.6 is 0 Å². The first-order valence-electron chi connectivity index (χ1n) is 7.57. The number of H-pyrrole nitrogens is 1. The fourth-order valence-corrected chi connectivity index (χ4v) is 3.79. The zero-order valence-electron chi connectivity index (χ0n) is 12.5. The van der Waals surface area contributed by atoms with Crippen molar-refractivity contribution in [3.63, 3.8) is 0 Å². The number of nitrogens with two attached hydrogens (primary N) is 1. The van der Waals surface area contributed by atoms with Crippen LogP contribution in [0.1, 0.15) is 43.2 Å². The standard InChI is InChI=1S/C17H24N2O/c1-12-10-19-14-7-6-13(16(20-2)15(12)14)17(11-18)8-4-3-5-9-17/h6-7,10,19H,3-5,8-9,11,18H2,1-2H3. The Hall–Kier alpha value is -1.48. The van der Waals surface area contributed by atoms with E-state index in [0.29, 0.717) is 6.54 Å². The van der Waals surface area contributed by atoms with Crippen molar-refractivity contribution in [3.8, 4) is 5.75 Å². The first-order valence-corrected chi connectivity index (χ1v) is 7.57. The van der Waals surface area contributed by atoms with E-state index in [-0.39, 0.29) is 5.41 Å². The Balaban J connectivity index is 2.21.